The van der Waals surface area contributed by atoms with E-state index >= 15 is 0 Å². The number of ether oxygens (including phenoxy) is 2. The van der Waals surface area contributed by atoms with Crippen molar-refractivity contribution < 1.29 is 27.1 Å². The number of carbonyl (C=O) groups is 1. The largest absolute Gasteiger partial charge is 0.492 e. The fraction of sp³-hybridized carbons (Fsp3) is 0.346. The summed E-state index contributed by atoms with van der Waals surface area (Å²) >= 11 is 0. The molecule has 1 amide bonds. The molecule has 0 aliphatic carbocycles. The van der Waals surface area contributed by atoms with Gasteiger partial charge in [-0.2, -0.15) is 4.31 Å². The zero-order valence-electron chi connectivity index (χ0n) is 20.6. The van der Waals surface area contributed by atoms with Gasteiger partial charge in [0.25, 0.3) is 5.91 Å². The Bertz CT molecular complexity index is 1270. The van der Waals surface area contributed by atoms with Gasteiger partial charge in [-0.15, -0.1) is 0 Å². The molecule has 1 aliphatic heterocycles. The van der Waals surface area contributed by atoms with Gasteiger partial charge < -0.3 is 24.1 Å². The van der Waals surface area contributed by atoms with Gasteiger partial charge in [-0.3, -0.25) is 4.79 Å². The van der Waals surface area contributed by atoms with Crippen LogP contribution in [0.5, 0.6) is 11.5 Å². The van der Waals surface area contributed by atoms with Crippen molar-refractivity contribution in [3.63, 3.8) is 0 Å². The Balaban J connectivity index is 1.42. The van der Waals surface area contributed by atoms with Crippen LogP contribution in [0, 0.1) is 0 Å². The molecule has 9 nitrogen and oxygen atoms in total. The standard InChI is InChI=1S/C26H31N3O6S/c1-4-33-25-18-20(7-12-23(25)27-26(30)24-6-5-17-34-24)28-13-15-29(16-14-28)36(31,32)22-10-8-21(9-11-22)35-19(2)3/h5-12,17-19H,4,13-16H2,1-3H3,(H,27,30). The fourth-order valence-electron chi connectivity index (χ4n) is 3.98. The number of nitrogens with zero attached hydrogens (tertiary/aromatic N) is 2. The quantitative estimate of drug-likeness (QED) is 0.457. The smallest absolute Gasteiger partial charge is 0.291 e. The van der Waals surface area contributed by atoms with E-state index in [0.29, 0.717) is 50.0 Å². The molecule has 1 N–H and O–H groups in total. The summed E-state index contributed by atoms with van der Waals surface area (Å²) in [5.74, 6) is 1.02. The molecule has 0 unspecified atom stereocenters. The minimum absolute atomic E-state index is 0.0186. The average molecular weight is 514 g/mol. The number of furan rings is 1. The number of anilines is 2. The predicted molar refractivity (Wildman–Crippen MR) is 137 cm³/mol. The Kier molecular flexibility index (Phi) is 7.85. The highest BCUT2D eigenvalue weighted by Gasteiger charge is 2.29. The molecule has 0 atom stereocenters. The van der Waals surface area contributed by atoms with Crippen LogP contribution >= 0.6 is 0 Å². The van der Waals surface area contributed by atoms with Crippen LogP contribution in [0.4, 0.5) is 11.4 Å². The van der Waals surface area contributed by atoms with Gasteiger partial charge in [-0.1, -0.05) is 0 Å². The summed E-state index contributed by atoms with van der Waals surface area (Å²) in [6.07, 6.45) is 1.46. The number of benzene rings is 2. The Morgan fingerprint density at radius 2 is 1.78 bits per heavy atom. The van der Waals surface area contributed by atoms with Crippen molar-refractivity contribution in [3.05, 3.63) is 66.6 Å². The third-order valence-electron chi connectivity index (χ3n) is 5.70. The molecule has 4 rings (SSSR count). The summed E-state index contributed by atoms with van der Waals surface area (Å²) in [6.45, 7) is 7.91. The normalized spacial score (nSPS) is 14.6. The molecule has 0 saturated carbocycles. The summed E-state index contributed by atoms with van der Waals surface area (Å²) in [6, 6.07) is 15.3. The summed E-state index contributed by atoms with van der Waals surface area (Å²) in [5.41, 5.74) is 1.43. The molecule has 1 saturated heterocycles. The molecule has 0 radical (unpaired) electrons. The average Bonchev–Trinajstić information content (AvgIpc) is 3.41. The number of piperazine rings is 1. The van der Waals surface area contributed by atoms with Crippen LogP contribution in [0.1, 0.15) is 31.3 Å². The first kappa shape index (κ1) is 25.6. The number of hydrogen-bond acceptors (Lipinski definition) is 7. The second-order valence-electron chi connectivity index (χ2n) is 8.57. The molecule has 10 heteroatoms. The minimum atomic E-state index is -3.60. The Hall–Kier alpha value is -3.50. The third-order valence-corrected chi connectivity index (χ3v) is 7.61. The second kappa shape index (κ2) is 11.0. The molecule has 1 aromatic heterocycles. The predicted octanol–water partition coefficient (Wildman–Crippen LogP) is 4.23. The van der Waals surface area contributed by atoms with E-state index in [1.165, 1.54) is 10.6 Å². The number of sulfonamides is 1. The lowest BCUT2D eigenvalue weighted by Crippen LogP contribution is -2.48. The van der Waals surface area contributed by atoms with Crippen LogP contribution in [0.3, 0.4) is 0 Å². The van der Waals surface area contributed by atoms with Gasteiger partial charge in [0.1, 0.15) is 11.5 Å². The number of amides is 1. The van der Waals surface area contributed by atoms with Crippen molar-refractivity contribution in [1.29, 1.82) is 0 Å². The van der Waals surface area contributed by atoms with Gasteiger partial charge in [0.05, 0.1) is 29.6 Å². The molecule has 192 valence electrons. The third kappa shape index (κ3) is 5.83. The fourth-order valence-corrected chi connectivity index (χ4v) is 5.40. The van der Waals surface area contributed by atoms with Crippen molar-refractivity contribution in [2.24, 2.45) is 0 Å². The van der Waals surface area contributed by atoms with Crippen molar-refractivity contribution >= 4 is 27.3 Å². The lowest BCUT2D eigenvalue weighted by molar-refractivity contribution is 0.0996. The minimum Gasteiger partial charge on any atom is -0.492 e. The molecule has 1 fully saturated rings. The lowest BCUT2D eigenvalue weighted by Gasteiger charge is -2.35. The first-order valence-corrected chi connectivity index (χ1v) is 13.4. The van der Waals surface area contributed by atoms with E-state index in [9.17, 15) is 13.2 Å². The number of hydrogen-bond donors (Lipinski definition) is 1. The molecular formula is C26H31N3O6S. The number of rotatable bonds is 9. The summed E-state index contributed by atoms with van der Waals surface area (Å²) in [7, 11) is -3.60. The van der Waals surface area contributed by atoms with Gasteiger partial charge >= 0.3 is 0 Å². The maximum absolute atomic E-state index is 13.1. The molecular weight excluding hydrogens is 482 g/mol. The van der Waals surface area contributed by atoms with Crippen molar-refractivity contribution in [2.75, 3.05) is 43.0 Å². The van der Waals surface area contributed by atoms with E-state index in [1.54, 1.807) is 42.5 Å². The highest BCUT2D eigenvalue weighted by molar-refractivity contribution is 7.89. The van der Waals surface area contributed by atoms with Gasteiger partial charge in [-0.25, -0.2) is 8.42 Å². The van der Waals surface area contributed by atoms with Crippen LogP contribution in [-0.2, 0) is 10.0 Å². The summed E-state index contributed by atoms with van der Waals surface area (Å²) in [4.78, 5) is 14.7. The Morgan fingerprint density at radius 3 is 2.39 bits per heavy atom. The molecule has 1 aliphatic rings. The van der Waals surface area contributed by atoms with Gasteiger partial charge in [-0.05, 0) is 69.3 Å². The van der Waals surface area contributed by atoms with E-state index in [4.69, 9.17) is 13.9 Å². The highest BCUT2D eigenvalue weighted by Crippen LogP contribution is 2.32. The topological polar surface area (TPSA) is 101 Å². The van der Waals surface area contributed by atoms with E-state index < -0.39 is 10.0 Å². The molecule has 0 spiro atoms. The highest BCUT2D eigenvalue weighted by atomic mass is 32.2. The zero-order valence-corrected chi connectivity index (χ0v) is 21.5. The van der Waals surface area contributed by atoms with Crippen LogP contribution in [-0.4, -0.2) is 57.5 Å². The zero-order chi connectivity index (χ0) is 25.7. The van der Waals surface area contributed by atoms with Crippen molar-refractivity contribution in [2.45, 2.75) is 31.8 Å². The first-order chi connectivity index (χ1) is 17.3. The van der Waals surface area contributed by atoms with Crippen molar-refractivity contribution in [1.82, 2.24) is 4.31 Å². The molecule has 2 aromatic carbocycles. The molecule has 2 heterocycles. The van der Waals surface area contributed by atoms with Crippen LogP contribution < -0.4 is 19.7 Å². The molecule has 3 aromatic rings. The number of nitrogens with one attached hydrogen (secondary N) is 1. The Labute approximate surface area is 211 Å². The van der Waals surface area contributed by atoms with Gasteiger partial charge in [0.15, 0.2) is 5.76 Å². The molecule has 36 heavy (non-hydrogen) atoms. The van der Waals surface area contributed by atoms with Gasteiger partial charge in [0.2, 0.25) is 10.0 Å². The maximum Gasteiger partial charge on any atom is 0.291 e. The van der Waals surface area contributed by atoms with Crippen LogP contribution in [0.25, 0.3) is 0 Å². The van der Waals surface area contributed by atoms with E-state index in [0.717, 1.165) is 5.69 Å². The van der Waals surface area contributed by atoms with Crippen LogP contribution in [0.15, 0.2) is 70.2 Å². The van der Waals surface area contributed by atoms with E-state index in [-0.39, 0.29) is 22.7 Å². The molecule has 0 bridgehead atoms. The summed E-state index contributed by atoms with van der Waals surface area (Å²) in [5, 5.41) is 2.81. The van der Waals surface area contributed by atoms with Gasteiger partial charge in [0, 0.05) is 37.9 Å². The SMILES string of the molecule is CCOc1cc(N2CCN(S(=O)(=O)c3ccc(OC(C)C)cc3)CC2)ccc1NC(=O)c1ccco1. The van der Waals surface area contributed by atoms with E-state index in [1.807, 2.05) is 32.9 Å². The summed E-state index contributed by atoms with van der Waals surface area (Å²) < 4.78 is 44.3. The number of carbonyl (C=O) groups excluding carboxylic acids is 1. The second-order valence-corrected chi connectivity index (χ2v) is 10.5. The van der Waals surface area contributed by atoms with Crippen molar-refractivity contribution in [3.8, 4) is 11.5 Å². The lowest BCUT2D eigenvalue weighted by atomic mass is 10.2. The van der Waals surface area contributed by atoms with Crippen LogP contribution in [0.2, 0.25) is 0 Å². The van der Waals surface area contributed by atoms with E-state index in [2.05, 4.69) is 10.2 Å². The Morgan fingerprint density at radius 1 is 1.06 bits per heavy atom. The monoisotopic (exact) mass is 513 g/mol. The first-order valence-electron chi connectivity index (χ1n) is 11.9. The maximum atomic E-state index is 13.1.